The second-order valence-corrected chi connectivity index (χ2v) is 9.61. The summed E-state index contributed by atoms with van der Waals surface area (Å²) in [5.41, 5.74) is 4.62. The Morgan fingerprint density at radius 1 is 0.800 bits per heavy atom. The van der Waals surface area contributed by atoms with Crippen LogP contribution in [0.5, 0.6) is 0 Å². The van der Waals surface area contributed by atoms with Crippen LogP contribution in [-0.4, -0.2) is 26.8 Å². The monoisotopic (exact) mass is 529 g/mol. The van der Waals surface area contributed by atoms with Crippen molar-refractivity contribution in [1.82, 2.24) is 15.1 Å². The van der Waals surface area contributed by atoms with Crippen LogP contribution in [0.25, 0.3) is 32.8 Å². The molecule has 1 amide bonds. The molecule has 5 aromatic carbocycles. The predicted molar refractivity (Wildman–Crippen MR) is 153 cm³/mol. The van der Waals surface area contributed by atoms with E-state index >= 15 is 0 Å². The van der Waals surface area contributed by atoms with Gasteiger partial charge in [-0.25, -0.2) is 9.18 Å². The highest BCUT2D eigenvalue weighted by Gasteiger charge is 2.18. The molecule has 6 rings (SSSR count). The Morgan fingerprint density at radius 3 is 2.33 bits per heavy atom. The zero-order chi connectivity index (χ0) is 27.6. The van der Waals surface area contributed by atoms with Gasteiger partial charge < -0.3 is 10.4 Å². The Balaban J connectivity index is 1.38. The van der Waals surface area contributed by atoms with Crippen LogP contribution >= 0.6 is 0 Å². The van der Waals surface area contributed by atoms with E-state index in [2.05, 4.69) is 10.4 Å². The summed E-state index contributed by atoms with van der Waals surface area (Å²) in [5.74, 6) is -1.60. The van der Waals surface area contributed by atoms with Crippen LogP contribution in [0.1, 0.15) is 31.8 Å². The van der Waals surface area contributed by atoms with Gasteiger partial charge in [-0.1, -0.05) is 66.7 Å². The van der Waals surface area contributed by atoms with Crippen molar-refractivity contribution >= 4 is 33.6 Å². The number of aromatic nitrogens is 2. The number of benzene rings is 5. The lowest BCUT2D eigenvalue weighted by Crippen LogP contribution is -2.24. The smallest absolute Gasteiger partial charge is 0.335 e. The molecule has 40 heavy (non-hydrogen) atoms. The van der Waals surface area contributed by atoms with E-state index in [1.165, 1.54) is 18.2 Å². The van der Waals surface area contributed by atoms with Gasteiger partial charge in [0, 0.05) is 17.3 Å². The summed E-state index contributed by atoms with van der Waals surface area (Å²) in [5, 5.41) is 18.8. The van der Waals surface area contributed by atoms with Crippen LogP contribution in [0.3, 0.4) is 0 Å². The maximum absolute atomic E-state index is 14.8. The van der Waals surface area contributed by atoms with E-state index in [4.69, 9.17) is 5.11 Å². The summed E-state index contributed by atoms with van der Waals surface area (Å²) in [7, 11) is 0. The molecule has 0 spiro atoms. The van der Waals surface area contributed by atoms with Crippen LogP contribution in [0.2, 0.25) is 0 Å². The van der Waals surface area contributed by atoms with Crippen molar-refractivity contribution in [3.63, 3.8) is 0 Å². The third-order valence-corrected chi connectivity index (χ3v) is 6.94. The molecule has 2 N–H and O–H groups in total. The number of rotatable bonds is 7. The summed E-state index contributed by atoms with van der Waals surface area (Å²) < 4.78 is 16.6. The van der Waals surface area contributed by atoms with Crippen molar-refractivity contribution < 1.29 is 19.1 Å². The van der Waals surface area contributed by atoms with Gasteiger partial charge in [-0.15, -0.1) is 0 Å². The Kier molecular flexibility index (Phi) is 6.54. The first-order valence-electron chi connectivity index (χ1n) is 12.8. The number of fused-ring (bicyclic) bond motifs is 2. The van der Waals surface area contributed by atoms with Crippen LogP contribution in [-0.2, 0) is 13.1 Å². The number of halogens is 1. The van der Waals surface area contributed by atoms with Crippen molar-refractivity contribution in [1.29, 1.82) is 0 Å². The third kappa shape index (κ3) is 4.92. The molecule has 0 radical (unpaired) electrons. The molecular formula is C33H24FN3O3. The average Bonchev–Trinajstić information content (AvgIpc) is 3.38. The van der Waals surface area contributed by atoms with Crippen molar-refractivity contribution in [2.45, 2.75) is 13.1 Å². The quantitative estimate of drug-likeness (QED) is 0.242. The number of nitrogens with one attached hydrogen (secondary N) is 1. The van der Waals surface area contributed by atoms with E-state index in [1.807, 2.05) is 66.7 Å². The molecule has 0 aliphatic carbocycles. The highest BCUT2D eigenvalue weighted by Crippen LogP contribution is 2.29. The standard InChI is InChI=1S/C33H24FN3O3/c34-30-15-22(14-25-8-4-5-9-28(25)30)20-37-31-27(19-36-37)16-26(23-6-2-1-3-7-23)17-29(31)32(38)35-18-21-10-12-24(13-11-21)33(39)40/h1-17,19H,18,20H2,(H,35,38)(H,39,40). The van der Waals surface area contributed by atoms with Crippen LogP contribution < -0.4 is 5.32 Å². The van der Waals surface area contributed by atoms with Gasteiger partial charge in [0.05, 0.1) is 29.4 Å². The number of carbonyl (C=O) groups excluding carboxylic acids is 1. The largest absolute Gasteiger partial charge is 0.478 e. The molecule has 0 fully saturated rings. The van der Waals surface area contributed by atoms with Crippen molar-refractivity contribution in [3.8, 4) is 11.1 Å². The molecule has 7 heteroatoms. The van der Waals surface area contributed by atoms with Gasteiger partial charge in [0.25, 0.3) is 5.91 Å². The molecule has 1 aromatic heterocycles. The summed E-state index contributed by atoms with van der Waals surface area (Å²) in [6, 6.07) is 30.8. The van der Waals surface area contributed by atoms with Gasteiger partial charge in [0.1, 0.15) is 5.82 Å². The van der Waals surface area contributed by atoms with E-state index in [-0.39, 0.29) is 30.4 Å². The minimum Gasteiger partial charge on any atom is -0.478 e. The maximum atomic E-state index is 14.8. The Morgan fingerprint density at radius 2 is 1.55 bits per heavy atom. The first-order chi connectivity index (χ1) is 19.5. The minimum atomic E-state index is -1.00. The number of amides is 1. The molecule has 0 saturated carbocycles. The third-order valence-electron chi connectivity index (χ3n) is 6.94. The van der Waals surface area contributed by atoms with Crippen molar-refractivity contribution in [3.05, 3.63) is 137 Å². The van der Waals surface area contributed by atoms with Crippen LogP contribution in [0.15, 0.2) is 109 Å². The van der Waals surface area contributed by atoms with Crippen molar-refractivity contribution in [2.24, 2.45) is 0 Å². The molecule has 0 saturated heterocycles. The van der Waals surface area contributed by atoms with E-state index in [0.717, 1.165) is 33.0 Å². The Labute approximate surface area is 229 Å². The van der Waals surface area contributed by atoms with E-state index in [9.17, 15) is 14.0 Å². The molecule has 196 valence electrons. The number of carbonyl (C=O) groups is 2. The molecule has 0 aliphatic heterocycles. The molecule has 6 aromatic rings. The number of hydrogen-bond donors (Lipinski definition) is 2. The first-order valence-corrected chi connectivity index (χ1v) is 12.8. The Hall–Kier alpha value is -5.30. The highest BCUT2D eigenvalue weighted by molar-refractivity contribution is 6.07. The van der Waals surface area contributed by atoms with E-state index in [0.29, 0.717) is 16.5 Å². The van der Waals surface area contributed by atoms with E-state index in [1.54, 1.807) is 29.1 Å². The second-order valence-electron chi connectivity index (χ2n) is 9.61. The fraction of sp³-hybridized carbons (Fsp3) is 0.0606. The summed E-state index contributed by atoms with van der Waals surface area (Å²) in [6.45, 7) is 0.507. The van der Waals surface area contributed by atoms with Crippen molar-refractivity contribution in [2.75, 3.05) is 0 Å². The van der Waals surface area contributed by atoms with Gasteiger partial charge in [-0.3, -0.25) is 9.48 Å². The van der Waals surface area contributed by atoms with Crippen LogP contribution in [0.4, 0.5) is 4.39 Å². The molecule has 1 heterocycles. The van der Waals surface area contributed by atoms with Crippen LogP contribution in [0, 0.1) is 5.82 Å². The van der Waals surface area contributed by atoms with Gasteiger partial charge in [0.15, 0.2) is 0 Å². The number of nitrogens with zero attached hydrogens (tertiary/aromatic N) is 2. The topological polar surface area (TPSA) is 84.2 Å². The predicted octanol–water partition coefficient (Wildman–Crippen LogP) is 6.67. The average molecular weight is 530 g/mol. The summed E-state index contributed by atoms with van der Waals surface area (Å²) in [6.07, 6.45) is 1.72. The Bertz CT molecular complexity index is 1880. The van der Waals surface area contributed by atoms with Gasteiger partial charge in [0.2, 0.25) is 0 Å². The zero-order valence-corrected chi connectivity index (χ0v) is 21.3. The van der Waals surface area contributed by atoms with E-state index < -0.39 is 5.97 Å². The minimum absolute atomic E-state index is 0.182. The molecule has 0 atom stereocenters. The molecule has 6 nitrogen and oxygen atoms in total. The lowest BCUT2D eigenvalue weighted by Gasteiger charge is -2.13. The molecular weight excluding hydrogens is 505 g/mol. The normalized spacial score (nSPS) is 11.1. The fourth-order valence-corrected chi connectivity index (χ4v) is 4.95. The summed E-state index contributed by atoms with van der Waals surface area (Å²) >= 11 is 0. The SMILES string of the molecule is O=C(O)c1ccc(CNC(=O)c2cc(-c3ccccc3)cc3cnn(Cc4cc(F)c5ccccc5c4)c23)cc1. The number of carboxylic acid groups (broad SMARTS) is 1. The number of hydrogen-bond acceptors (Lipinski definition) is 3. The molecule has 0 aliphatic rings. The highest BCUT2D eigenvalue weighted by atomic mass is 19.1. The fourth-order valence-electron chi connectivity index (χ4n) is 4.95. The summed E-state index contributed by atoms with van der Waals surface area (Å²) in [4.78, 5) is 24.8. The number of carboxylic acids is 1. The lowest BCUT2D eigenvalue weighted by molar-refractivity contribution is 0.0696. The molecule has 0 bridgehead atoms. The van der Waals surface area contributed by atoms with Gasteiger partial charge in [-0.05, 0) is 64.0 Å². The lowest BCUT2D eigenvalue weighted by atomic mass is 9.99. The zero-order valence-electron chi connectivity index (χ0n) is 21.3. The molecule has 0 unspecified atom stereocenters. The van der Waals surface area contributed by atoms with Gasteiger partial charge >= 0.3 is 5.97 Å². The first kappa shape index (κ1) is 25.0. The van der Waals surface area contributed by atoms with Gasteiger partial charge in [-0.2, -0.15) is 5.10 Å². The second kappa shape index (κ2) is 10.5. The maximum Gasteiger partial charge on any atom is 0.335 e. The number of aromatic carboxylic acids is 1.